The molecule has 1 fully saturated rings. The van der Waals surface area contributed by atoms with Crippen LogP contribution in [0, 0.1) is 0 Å². The lowest BCUT2D eigenvalue weighted by Gasteiger charge is -2.35. The number of methoxy groups -OCH3 is 1. The van der Waals surface area contributed by atoms with Crippen molar-refractivity contribution in [1.29, 1.82) is 0 Å². The number of hydrogen-bond donors (Lipinski definition) is 0. The van der Waals surface area contributed by atoms with E-state index in [1.54, 1.807) is 7.11 Å². The first-order valence-corrected chi connectivity index (χ1v) is 6.82. The Morgan fingerprint density at radius 1 is 1.16 bits per heavy atom. The van der Waals surface area contributed by atoms with Crippen molar-refractivity contribution in [2.45, 2.75) is 26.1 Å². The van der Waals surface area contributed by atoms with E-state index < -0.39 is 0 Å². The van der Waals surface area contributed by atoms with Crippen LogP contribution in [0.4, 0.5) is 0 Å². The van der Waals surface area contributed by atoms with E-state index in [4.69, 9.17) is 14.2 Å². The highest BCUT2D eigenvalue weighted by molar-refractivity contribution is 5.39. The fraction of sp³-hybridized carbons (Fsp3) is 0.600. The zero-order chi connectivity index (χ0) is 13.7. The molecule has 1 saturated heterocycles. The second-order valence-electron chi connectivity index (χ2n) is 5.02. The Morgan fingerprint density at radius 2 is 1.79 bits per heavy atom. The van der Waals surface area contributed by atoms with Gasteiger partial charge in [0.1, 0.15) is 6.61 Å². The summed E-state index contributed by atoms with van der Waals surface area (Å²) in [4.78, 5) is 2.38. The average Bonchev–Trinajstić information content (AvgIpc) is 2.38. The van der Waals surface area contributed by atoms with E-state index in [0.29, 0.717) is 18.8 Å². The maximum atomic E-state index is 5.79. The second kappa shape index (κ2) is 6.78. The van der Waals surface area contributed by atoms with E-state index in [9.17, 15) is 0 Å². The molecular formula is C15H23NO3. The van der Waals surface area contributed by atoms with Crippen LogP contribution in [-0.2, 0) is 4.74 Å². The van der Waals surface area contributed by atoms with Crippen LogP contribution in [-0.4, -0.2) is 50.5 Å². The number of ether oxygens (including phenoxy) is 3. The molecule has 2 rings (SSSR count). The zero-order valence-corrected chi connectivity index (χ0v) is 12.0. The van der Waals surface area contributed by atoms with Gasteiger partial charge in [0.05, 0.1) is 19.3 Å². The molecule has 4 heteroatoms. The highest BCUT2D eigenvalue weighted by Gasteiger charge is 2.21. The van der Waals surface area contributed by atoms with Crippen molar-refractivity contribution >= 4 is 0 Å². The summed E-state index contributed by atoms with van der Waals surface area (Å²) in [6.07, 6.45) is 0.602. The summed E-state index contributed by atoms with van der Waals surface area (Å²) in [7, 11) is 1.66. The van der Waals surface area contributed by atoms with Gasteiger partial charge in [-0.15, -0.1) is 0 Å². The Hall–Kier alpha value is -1.26. The SMILES string of the molecule is COc1ccccc1OCCN1C[C@@H](C)O[C@@H](C)C1. The minimum atomic E-state index is 0.301. The summed E-state index contributed by atoms with van der Waals surface area (Å²) in [6, 6.07) is 7.74. The van der Waals surface area contributed by atoms with E-state index in [1.165, 1.54) is 0 Å². The van der Waals surface area contributed by atoms with Gasteiger partial charge in [-0.05, 0) is 26.0 Å². The topological polar surface area (TPSA) is 30.9 Å². The summed E-state index contributed by atoms with van der Waals surface area (Å²) in [6.45, 7) is 7.75. The van der Waals surface area contributed by atoms with Crippen LogP contribution >= 0.6 is 0 Å². The van der Waals surface area contributed by atoms with E-state index in [0.717, 1.165) is 31.1 Å². The fourth-order valence-corrected chi connectivity index (χ4v) is 2.49. The second-order valence-corrected chi connectivity index (χ2v) is 5.02. The third-order valence-electron chi connectivity index (χ3n) is 3.23. The van der Waals surface area contributed by atoms with Crippen LogP contribution in [0.1, 0.15) is 13.8 Å². The standard InChI is InChI=1S/C15H23NO3/c1-12-10-16(11-13(2)19-12)8-9-18-15-7-5-4-6-14(15)17-3/h4-7,12-13H,8-11H2,1-3H3/t12-,13+. The van der Waals surface area contributed by atoms with Gasteiger partial charge in [0, 0.05) is 19.6 Å². The normalized spacial score (nSPS) is 24.2. The fourth-order valence-electron chi connectivity index (χ4n) is 2.49. The number of hydrogen-bond acceptors (Lipinski definition) is 4. The van der Waals surface area contributed by atoms with Crippen molar-refractivity contribution in [1.82, 2.24) is 4.90 Å². The van der Waals surface area contributed by atoms with Gasteiger partial charge >= 0.3 is 0 Å². The molecule has 0 bridgehead atoms. The third kappa shape index (κ3) is 4.11. The summed E-state index contributed by atoms with van der Waals surface area (Å²) in [5.41, 5.74) is 0. The van der Waals surface area contributed by atoms with Crippen LogP contribution in [0.2, 0.25) is 0 Å². The molecule has 0 aromatic heterocycles. The summed E-state index contributed by atoms with van der Waals surface area (Å²) < 4.78 is 16.8. The minimum absolute atomic E-state index is 0.301. The molecule has 0 N–H and O–H groups in total. The largest absolute Gasteiger partial charge is 0.493 e. The van der Waals surface area contributed by atoms with Gasteiger partial charge in [-0.25, -0.2) is 0 Å². The molecule has 0 saturated carbocycles. The van der Waals surface area contributed by atoms with E-state index in [-0.39, 0.29) is 0 Å². The van der Waals surface area contributed by atoms with Gasteiger partial charge in [-0.1, -0.05) is 12.1 Å². The van der Waals surface area contributed by atoms with Crippen LogP contribution in [0.25, 0.3) is 0 Å². The first-order chi connectivity index (χ1) is 9.19. The van der Waals surface area contributed by atoms with Gasteiger partial charge in [-0.2, -0.15) is 0 Å². The van der Waals surface area contributed by atoms with Crippen LogP contribution in [0.5, 0.6) is 11.5 Å². The van der Waals surface area contributed by atoms with Crippen molar-refractivity contribution in [2.24, 2.45) is 0 Å². The first-order valence-electron chi connectivity index (χ1n) is 6.82. The van der Waals surface area contributed by atoms with E-state index in [1.807, 2.05) is 24.3 Å². The van der Waals surface area contributed by atoms with E-state index in [2.05, 4.69) is 18.7 Å². The molecule has 1 aliphatic rings. The lowest BCUT2D eigenvalue weighted by molar-refractivity contribution is -0.0699. The van der Waals surface area contributed by atoms with Crippen LogP contribution in [0.3, 0.4) is 0 Å². The average molecular weight is 265 g/mol. The Labute approximate surface area is 115 Å². The molecule has 0 amide bonds. The molecule has 0 aliphatic carbocycles. The molecule has 106 valence electrons. The highest BCUT2D eigenvalue weighted by Crippen LogP contribution is 2.25. The molecule has 1 aliphatic heterocycles. The Balaban J connectivity index is 1.80. The van der Waals surface area contributed by atoms with Gasteiger partial charge in [0.15, 0.2) is 11.5 Å². The molecule has 2 atom stereocenters. The number of nitrogens with zero attached hydrogens (tertiary/aromatic N) is 1. The number of morpholine rings is 1. The quantitative estimate of drug-likeness (QED) is 0.816. The van der Waals surface area contributed by atoms with Crippen molar-refractivity contribution in [3.8, 4) is 11.5 Å². The summed E-state index contributed by atoms with van der Waals surface area (Å²) >= 11 is 0. The predicted molar refractivity (Wildman–Crippen MR) is 74.9 cm³/mol. The van der Waals surface area contributed by atoms with Crippen LogP contribution < -0.4 is 9.47 Å². The minimum Gasteiger partial charge on any atom is -0.493 e. The Kier molecular flexibility index (Phi) is 5.05. The molecule has 0 spiro atoms. The maximum absolute atomic E-state index is 5.79. The number of para-hydroxylation sites is 2. The molecule has 19 heavy (non-hydrogen) atoms. The monoisotopic (exact) mass is 265 g/mol. The third-order valence-corrected chi connectivity index (χ3v) is 3.23. The molecule has 1 aromatic carbocycles. The zero-order valence-electron chi connectivity index (χ0n) is 12.0. The first kappa shape index (κ1) is 14.2. The predicted octanol–water partition coefficient (Wildman–Crippen LogP) is 2.18. The summed E-state index contributed by atoms with van der Waals surface area (Å²) in [5.74, 6) is 1.59. The van der Waals surface area contributed by atoms with Gasteiger partial charge in [0.2, 0.25) is 0 Å². The molecule has 1 aromatic rings. The van der Waals surface area contributed by atoms with Gasteiger partial charge < -0.3 is 14.2 Å². The van der Waals surface area contributed by atoms with Crippen molar-refractivity contribution < 1.29 is 14.2 Å². The van der Waals surface area contributed by atoms with Crippen molar-refractivity contribution in [2.75, 3.05) is 33.4 Å². The molecule has 4 nitrogen and oxygen atoms in total. The lowest BCUT2D eigenvalue weighted by Crippen LogP contribution is -2.46. The Bertz CT molecular complexity index is 387. The lowest BCUT2D eigenvalue weighted by atomic mass is 10.2. The summed E-state index contributed by atoms with van der Waals surface area (Å²) in [5, 5.41) is 0. The molecule has 0 radical (unpaired) electrons. The number of benzene rings is 1. The molecule has 1 heterocycles. The molecule has 0 unspecified atom stereocenters. The van der Waals surface area contributed by atoms with Crippen molar-refractivity contribution in [3.63, 3.8) is 0 Å². The highest BCUT2D eigenvalue weighted by atomic mass is 16.5. The van der Waals surface area contributed by atoms with Gasteiger partial charge in [0.25, 0.3) is 0 Å². The van der Waals surface area contributed by atoms with Crippen LogP contribution in [0.15, 0.2) is 24.3 Å². The Morgan fingerprint density at radius 3 is 2.42 bits per heavy atom. The maximum Gasteiger partial charge on any atom is 0.161 e. The smallest absolute Gasteiger partial charge is 0.161 e. The molecular weight excluding hydrogens is 242 g/mol. The van der Waals surface area contributed by atoms with Gasteiger partial charge in [-0.3, -0.25) is 4.90 Å². The number of rotatable bonds is 5. The van der Waals surface area contributed by atoms with Crippen molar-refractivity contribution in [3.05, 3.63) is 24.3 Å². The van der Waals surface area contributed by atoms with E-state index >= 15 is 0 Å².